The van der Waals surface area contributed by atoms with E-state index in [-0.39, 0.29) is 6.10 Å². The minimum Gasteiger partial charge on any atom is -0.387 e. The predicted molar refractivity (Wildman–Crippen MR) is 70.4 cm³/mol. The third-order valence-electron chi connectivity index (χ3n) is 4.51. The second-order valence-electron chi connectivity index (χ2n) is 5.74. The molecule has 0 aromatic carbocycles. The Hall–Kier alpha value is -0.870. The summed E-state index contributed by atoms with van der Waals surface area (Å²) < 4.78 is 2.25. The van der Waals surface area contributed by atoms with Crippen LogP contribution in [0.2, 0.25) is 0 Å². The van der Waals surface area contributed by atoms with Crippen LogP contribution in [0, 0.1) is 0 Å². The summed E-state index contributed by atoms with van der Waals surface area (Å²) in [6.45, 7) is 2.24. The molecule has 4 nitrogen and oxygen atoms in total. The van der Waals surface area contributed by atoms with Crippen molar-refractivity contribution in [3.63, 3.8) is 0 Å². The molecule has 18 heavy (non-hydrogen) atoms. The Morgan fingerprint density at radius 1 is 1.28 bits per heavy atom. The van der Waals surface area contributed by atoms with Crippen LogP contribution < -0.4 is 0 Å². The molecule has 100 valence electrons. The van der Waals surface area contributed by atoms with E-state index in [9.17, 15) is 5.11 Å². The highest BCUT2D eigenvalue weighted by Crippen LogP contribution is 2.27. The molecule has 2 aliphatic rings. The minimum atomic E-state index is -0.302. The second kappa shape index (κ2) is 5.02. The molecule has 1 aromatic rings. The molecule has 2 aliphatic heterocycles. The van der Waals surface area contributed by atoms with Gasteiger partial charge in [-0.15, -0.1) is 0 Å². The van der Waals surface area contributed by atoms with E-state index in [0.717, 1.165) is 31.5 Å². The van der Waals surface area contributed by atoms with Crippen LogP contribution in [0.1, 0.15) is 49.7 Å². The number of nitrogens with zero attached hydrogens (tertiary/aromatic N) is 3. The molecule has 0 aliphatic carbocycles. The van der Waals surface area contributed by atoms with E-state index in [2.05, 4.69) is 21.5 Å². The van der Waals surface area contributed by atoms with E-state index >= 15 is 0 Å². The van der Waals surface area contributed by atoms with Gasteiger partial charge in [-0.2, -0.15) is 0 Å². The number of likely N-dealkylation sites (N-methyl/N-ethyl adjacent to an activating group) is 1. The highest BCUT2D eigenvalue weighted by Gasteiger charge is 2.25. The van der Waals surface area contributed by atoms with Gasteiger partial charge in [-0.05, 0) is 39.3 Å². The summed E-state index contributed by atoms with van der Waals surface area (Å²) >= 11 is 0. The van der Waals surface area contributed by atoms with Crippen LogP contribution in [-0.4, -0.2) is 39.2 Å². The van der Waals surface area contributed by atoms with Gasteiger partial charge < -0.3 is 14.6 Å². The van der Waals surface area contributed by atoms with Crippen molar-refractivity contribution in [2.45, 2.75) is 57.2 Å². The summed E-state index contributed by atoms with van der Waals surface area (Å²) in [5.41, 5.74) is 1.02. The van der Waals surface area contributed by atoms with Gasteiger partial charge in [0.25, 0.3) is 0 Å². The van der Waals surface area contributed by atoms with Crippen molar-refractivity contribution < 1.29 is 5.11 Å². The molecule has 1 N–H and O–H groups in total. The highest BCUT2D eigenvalue weighted by atomic mass is 16.3. The van der Waals surface area contributed by atoms with Crippen molar-refractivity contribution in [2.24, 2.45) is 0 Å². The van der Waals surface area contributed by atoms with Gasteiger partial charge in [0.05, 0.1) is 18.0 Å². The molecule has 0 radical (unpaired) electrons. The van der Waals surface area contributed by atoms with E-state index in [0.29, 0.717) is 6.04 Å². The van der Waals surface area contributed by atoms with Gasteiger partial charge >= 0.3 is 0 Å². The number of rotatable bonds is 2. The number of fused-ring (bicyclic) bond motifs is 1. The van der Waals surface area contributed by atoms with Crippen molar-refractivity contribution in [1.82, 2.24) is 14.5 Å². The normalized spacial score (nSPS) is 29.2. The summed E-state index contributed by atoms with van der Waals surface area (Å²) in [5.74, 6) is 1.17. The summed E-state index contributed by atoms with van der Waals surface area (Å²) in [7, 11) is 2.22. The molecule has 1 saturated heterocycles. The standard InChI is InChI=1S/C14H23N3O/c1-16-7-3-2-5-11(16)9-14-15-10-12-13(18)6-4-8-17(12)14/h10-11,13,18H,2-9H2,1H3. The Morgan fingerprint density at radius 2 is 2.17 bits per heavy atom. The molecule has 0 spiro atoms. The molecular formula is C14H23N3O. The fourth-order valence-electron chi connectivity index (χ4n) is 3.32. The average Bonchev–Trinajstić information content (AvgIpc) is 2.77. The third kappa shape index (κ3) is 2.19. The van der Waals surface area contributed by atoms with Crippen molar-refractivity contribution in [1.29, 1.82) is 0 Å². The monoisotopic (exact) mass is 249 g/mol. The van der Waals surface area contributed by atoms with Gasteiger partial charge in [-0.25, -0.2) is 4.98 Å². The first-order valence-corrected chi connectivity index (χ1v) is 7.18. The van der Waals surface area contributed by atoms with E-state index in [1.807, 2.05) is 6.20 Å². The summed E-state index contributed by atoms with van der Waals surface area (Å²) in [4.78, 5) is 7.02. The fraction of sp³-hybridized carbons (Fsp3) is 0.786. The van der Waals surface area contributed by atoms with Gasteiger partial charge in [0.15, 0.2) is 0 Å². The lowest BCUT2D eigenvalue weighted by molar-refractivity contribution is 0.136. The van der Waals surface area contributed by atoms with E-state index in [4.69, 9.17) is 0 Å². The number of likely N-dealkylation sites (tertiary alicyclic amines) is 1. The molecule has 2 atom stereocenters. The van der Waals surface area contributed by atoms with Crippen LogP contribution in [0.15, 0.2) is 6.20 Å². The van der Waals surface area contributed by atoms with Gasteiger partial charge in [-0.1, -0.05) is 6.42 Å². The Morgan fingerprint density at radius 3 is 3.00 bits per heavy atom. The Labute approximate surface area is 109 Å². The van der Waals surface area contributed by atoms with Crippen LogP contribution in [0.4, 0.5) is 0 Å². The van der Waals surface area contributed by atoms with Gasteiger partial charge in [-0.3, -0.25) is 0 Å². The van der Waals surface area contributed by atoms with E-state index < -0.39 is 0 Å². The number of hydrogen-bond donors (Lipinski definition) is 1. The van der Waals surface area contributed by atoms with Crippen molar-refractivity contribution >= 4 is 0 Å². The zero-order valence-electron chi connectivity index (χ0n) is 11.2. The Balaban J connectivity index is 1.76. The van der Waals surface area contributed by atoms with E-state index in [1.165, 1.54) is 31.6 Å². The molecule has 3 heterocycles. The number of imidazole rings is 1. The maximum absolute atomic E-state index is 9.96. The SMILES string of the molecule is CN1CCCCC1Cc1ncc2n1CCCC2O. The van der Waals surface area contributed by atoms with E-state index in [1.54, 1.807) is 0 Å². The number of aliphatic hydroxyl groups is 1. The van der Waals surface area contributed by atoms with Crippen molar-refractivity contribution in [3.05, 3.63) is 17.7 Å². The van der Waals surface area contributed by atoms with Crippen LogP contribution in [0.25, 0.3) is 0 Å². The number of hydrogen-bond acceptors (Lipinski definition) is 3. The van der Waals surface area contributed by atoms with Gasteiger partial charge in [0, 0.05) is 19.0 Å². The van der Waals surface area contributed by atoms with Crippen LogP contribution in [-0.2, 0) is 13.0 Å². The first kappa shape index (κ1) is 12.2. The van der Waals surface area contributed by atoms with Gasteiger partial charge in [0.2, 0.25) is 0 Å². The first-order chi connectivity index (χ1) is 8.75. The zero-order valence-corrected chi connectivity index (χ0v) is 11.2. The lowest BCUT2D eigenvalue weighted by Crippen LogP contribution is -2.38. The van der Waals surface area contributed by atoms with Crippen molar-refractivity contribution in [3.8, 4) is 0 Å². The minimum absolute atomic E-state index is 0.302. The van der Waals surface area contributed by atoms with Gasteiger partial charge in [0.1, 0.15) is 5.82 Å². The predicted octanol–water partition coefficient (Wildman–Crippen LogP) is 1.74. The fourth-order valence-corrected chi connectivity index (χ4v) is 3.32. The Bertz CT molecular complexity index is 415. The maximum Gasteiger partial charge on any atom is 0.110 e. The quantitative estimate of drug-likeness (QED) is 0.868. The van der Waals surface area contributed by atoms with Crippen LogP contribution in [0.5, 0.6) is 0 Å². The topological polar surface area (TPSA) is 41.3 Å². The summed E-state index contributed by atoms with van der Waals surface area (Å²) in [6, 6.07) is 0.629. The lowest BCUT2D eigenvalue weighted by atomic mass is 9.99. The van der Waals surface area contributed by atoms with Crippen molar-refractivity contribution in [2.75, 3.05) is 13.6 Å². The molecule has 0 saturated carbocycles. The summed E-state index contributed by atoms with van der Waals surface area (Å²) in [6.07, 6.45) is 8.50. The maximum atomic E-state index is 9.96. The largest absolute Gasteiger partial charge is 0.387 e. The Kier molecular flexibility index (Phi) is 3.39. The third-order valence-corrected chi connectivity index (χ3v) is 4.51. The smallest absolute Gasteiger partial charge is 0.110 e. The first-order valence-electron chi connectivity index (χ1n) is 7.18. The molecule has 2 unspecified atom stereocenters. The molecule has 1 fully saturated rings. The highest BCUT2D eigenvalue weighted by molar-refractivity contribution is 5.12. The number of piperidine rings is 1. The average molecular weight is 249 g/mol. The lowest BCUT2D eigenvalue weighted by Gasteiger charge is -2.32. The molecular weight excluding hydrogens is 226 g/mol. The van der Waals surface area contributed by atoms with Crippen LogP contribution in [0.3, 0.4) is 0 Å². The number of aliphatic hydroxyl groups excluding tert-OH is 1. The second-order valence-corrected chi connectivity index (χ2v) is 5.74. The molecule has 3 rings (SSSR count). The molecule has 0 bridgehead atoms. The summed E-state index contributed by atoms with van der Waals surface area (Å²) in [5, 5.41) is 9.96. The molecule has 4 heteroatoms. The van der Waals surface area contributed by atoms with Crippen LogP contribution >= 0.6 is 0 Å². The molecule has 0 amide bonds. The number of aromatic nitrogens is 2. The zero-order chi connectivity index (χ0) is 12.5. The molecule has 1 aromatic heterocycles.